The number of thiophene rings is 3. The SMILES string of the molecule is c1ccc2cc(N(c3ccc(-c4ccc5sc6ccccc6c5c4)cc3)c3ccc4ccccc4c3)ccc2c1.c1ccc2cc(N(c3ccc(-c4ccc5sc6ccccc6c5c4)cc3)c3cccc4ccccc34)ccc2c1.c1ccc2cc(N(c3ccc(-c4cccc5c4sc4ccccc45)cc3)c3cccc4ccccc34)ccc2c1. The minimum atomic E-state index is 1.14. The Morgan fingerprint density at radius 1 is 0.142 bits per heavy atom. The van der Waals surface area contributed by atoms with Gasteiger partial charge in [0.1, 0.15) is 0 Å². The van der Waals surface area contributed by atoms with Crippen LogP contribution in [0.2, 0.25) is 0 Å². The zero-order chi connectivity index (χ0) is 79.4. The van der Waals surface area contributed by atoms with E-state index < -0.39 is 0 Å². The quantitative estimate of drug-likeness (QED) is 0.121. The Labute approximate surface area is 707 Å². The van der Waals surface area contributed by atoms with Gasteiger partial charge >= 0.3 is 0 Å². The zero-order valence-corrected chi connectivity index (χ0v) is 67.8. The monoisotopic (exact) mass is 1580 g/mol. The lowest BCUT2D eigenvalue weighted by Gasteiger charge is -2.27. The summed E-state index contributed by atoms with van der Waals surface area (Å²) in [4.78, 5) is 7.13. The van der Waals surface area contributed by atoms with Crippen molar-refractivity contribution in [3.63, 3.8) is 0 Å². The first kappa shape index (κ1) is 71.8. The molecule has 0 fully saturated rings. The van der Waals surface area contributed by atoms with Crippen LogP contribution in [0, 0.1) is 0 Å². The first-order valence-electron chi connectivity index (χ1n) is 40.8. The van der Waals surface area contributed by atoms with Crippen LogP contribution in [0.3, 0.4) is 0 Å². The molecule has 3 nitrogen and oxygen atoms in total. The summed E-state index contributed by atoms with van der Waals surface area (Å²) in [6.45, 7) is 0. The lowest BCUT2D eigenvalue weighted by atomic mass is 10.0. The van der Waals surface area contributed by atoms with Crippen molar-refractivity contribution >= 4 is 210 Å². The van der Waals surface area contributed by atoms with Crippen molar-refractivity contribution in [3.8, 4) is 33.4 Å². The van der Waals surface area contributed by atoms with E-state index >= 15 is 0 Å². The van der Waals surface area contributed by atoms with Crippen LogP contribution in [0.1, 0.15) is 0 Å². The van der Waals surface area contributed by atoms with Crippen molar-refractivity contribution in [2.75, 3.05) is 14.7 Å². The number of nitrogens with zero attached hydrogens (tertiary/aromatic N) is 3. The molecule has 21 aromatic carbocycles. The van der Waals surface area contributed by atoms with Gasteiger partial charge in [-0.1, -0.05) is 315 Å². The first-order chi connectivity index (χ1) is 59.4. The van der Waals surface area contributed by atoms with Crippen LogP contribution in [0.25, 0.3) is 159 Å². The summed E-state index contributed by atoms with van der Waals surface area (Å²) < 4.78 is 8.02. The Hall–Kier alpha value is -14.8. The molecule has 0 bridgehead atoms. The van der Waals surface area contributed by atoms with Gasteiger partial charge in [0.25, 0.3) is 0 Å². The van der Waals surface area contributed by atoms with Crippen molar-refractivity contribution in [1.29, 1.82) is 0 Å². The van der Waals surface area contributed by atoms with E-state index in [0.29, 0.717) is 0 Å². The second kappa shape index (κ2) is 31.0. The third-order valence-electron chi connectivity index (χ3n) is 23.5. The molecule has 3 aromatic heterocycles. The predicted molar refractivity (Wildman–Crippen MR) is 523 cm³/mol. The smallest absolute Gasteiger partial charge is 0.0540 e. The minimum absolute atomic E-state index is 1.14. The highest BCUT2D eigenvalue weighted by Gasteiger charge is 2.22. The van der Waals surface area contributed by atoms with Crippen molar-refractivity contribution in [2.45, 2.75) is 0 Å². The number of rotatable bonds is 12. The lowest BCUT2D eigenvalue weighted by molar-refractivity contribution is 1.29. The van der Waals surface area contributed by atoms with Gasteiger partial charge in [-0.05, 0) is 227 Å². The molecule has 0 amide bonds. The van der Waals surface area contributed by atoms with Crippen molar-refractivity contribution in [3.05, 3.63) is 455 Å². The van der Waals surface area contributed by atoms with E-state index in [-0.39, 0.29) is 0 Å². The van der Waals surface area contributed by atoms with Gasteiger partial charge in [-0.2, -0.15) is 0 Å². The molecule has 0 saturated carbocycles. The Balaban J connectivity index is 0.000000108. The van der Waals surface area contributed by atoms with Crippen molar-refractivity contribution in [2.24, 2.45) is 0 Å². The largest absolute Gasteiger partial charge is 0.310 e. The molecular weight excluding hydrogens is 1510 g/mol. The van der Waals surface area contributed by atoms with Crippen molar-refractivity contribution in [1.82, 2.24) is 0 Å². The molecule has 0 radical (unpaired) electrons. The third-order valence-corrected chi connectivity index (χ3v) is 27.0. The van der Waals surface area contributed by atoms with Gasteiger partial charge in [0, 0.05) is 111 Å². The van der Waals surface area contributed by atoms with Gasteiger partial charge in [0.05, 0.1) is 11.4 Å². The average Bonchev–Trinajstić information content (AvgIpc) is 1.38. The van der Waals surface area contributed by atoms with Gasteiger partial charge in [0.2, 0.25) is 0 Å². The molecule has 24 rings (SSSR count). The van der Waals surface area contributed by atoms with Crippen LogP contribution in [0.4, 0.5) is 51.2 Å². The summed E-state index contributed by atoms with van der Waals surface area (Å²) in [6.07, 6.45) is 0. The molecule has 24 aromatic rings. The lowest BCUT2D eigenvalue weighted by Crippen LogP contribution is -2.10. The fourth-order valence-corrected chi connectivity index (χ4v) is 21.0. The van der Waals surface area contributed by atoms with E-state index in [0.717, 1.165) is 39.8 Å². The highest BCUT2D eigenvalue weighted by atomic mass is 32.1. The zero-order valence-electron chi connectivity index (χ0n) is 65.4. The van der Waals surface area contributed by atoms with Gasteiger partial charge in [-0.3, -0.25) is 0 Å². The normalized spacial score (nSPS) is 11.5. The number of fused-ring (bicyclic) bond motifs is 15. The topological polar surface area (TPSA) is 9.72 Å². The predicted octanol–water partition coefficient (Wildman–Crippen LogP) is 34.5. The Morgan fingerprint density at radius 3 is 0.825 bits per heavy atom. The molecule has 0 unspecified atom stereocenters. The summed E-state index contributed by atoms with van der Waals surface area (Å²) in [5, 5.41) is 22.8. The summed E-state index contributed by atoms with van der Waals surface area (Å²) in [5.41, 5.74) is 17.8. The van der Waals surface area contributed by atoms with E-state index in [2.05, 4.69) is 470 Å². The number of benzene rings is 21. The second-order valence-corrected chi connectivity index (χ2v) is 33.9. The Bertz CT molecular complexity index is 7910. The van der Waals surface area contributed by atoms with E-state index in [9.17, 15) is 0 Å². The Morgan fingerprint density at radius 2 is 0.417 bits per heavy atom. The second-order valence-electron chi connectivity index (χ2n) is 30.7. The molecule has 0 spiro atoms. The number of hydrogen-bond donors (Lipinski definition) is 0. The van der Waals surface area contributed by atoms with E-state index in [4.69, 9.17) is 0 Å². The molecule has 120 heavy (non-hydrogen) atoms. The maximum Gasteiger partial charge on any atom is 0.0540 e. The van der Waals surface area contributed by atoms with Crippen LogP contribution in [-0.4, -0.2) is 0 Å². The molecule has 564 valence electrons. The van der Waals surface area contributed by atoms with Crippen LogP contribution in [0.15, 0.2) is 455 Å². The summed E-state index contributed by atoms with van der Waals surface area (Å²) in [7, 11) is 0. The minimum Gasteiger partial charge on any atom is -0.310 e. The molecule has 0 aliphatic heterocycles. The van der Waals surface area contributed by atoms with Crippen LogP contribution in [-0.2, 0) is 0 Å². The van der Waals surface area contributed by atoms with Gasteiger partial charge in [-0.25, -0.2) is 0 Å². The summed E-state index contributed by atoms with van der Waals surface area (Å²) in [5.74, 6) is 0. The van der Waals surface area contributed by atoms with Crippen LogP contribution < -0.4 is 14.7 Å². The average molecular weight is 1580 g/mol. The maximum atomic E-state index is 2.39. The van der Waals surface area contributed by atoms with Crippen LogP contribution >= 0.6 is 34.0 Å². The fraction of sp³-hybridized carbons (Fsp3) is 0. The molecule has 0 aliphatic rings. The third kappa shape index (κ3) is 13.5. The highest BCUT2D eigenvalue weighted by Crippen LogP contribution is 2.48. The molecule has 3 heterocycles. The van der Waals surface area contributed by atoms with Crippen LogP contribution in [0.5, 0.6) is 0 Å². The van der Waals surface area contributed by atoms with E-state index in [1.807, 2.05) is 34.0 Å². The molecular formula is C114H75N3S3. The van der Waals surface area contributed by atoms with E-state index in [1.54, 1.807) is 0 Å². The van der Waals surface area contributed by atoms with Gasteiger partial charge in [0.15, 0.2) is 0 Å². The number of hydrogen-bond acceptors (Lipinski definition) is 6. The highest BCUT2D eigenvalue weighted by molar-refractivity contribution is 7.27. The molecule has 0 saturated heterocycles. The summed E-state index contributed by atoms with van der Waals surface area (Å²) in [6, 6.07) is 165. The molecule has 0 aliphatic carbocycles. The maximum absolute atomic E-state index is 2.39. The van der Waals surface area contributed by atoms with Crippen molar-refractivity contribution < 1.29 is 0 Å². The van der Waals surface area contributed by atoms with E-state index in [1.165, 1.54) is 170 Å². The molecule has 6 heteroatoms. The summed E-state index contributed by atoms with van der Waals surface area (Å²) >= 11 is 5.60. The fourth-order valence-electron chi connectivity index (χ4n) is 17.6. The molecule has 0 atom stereocenters. The standard InChI is InChI=1S/3C38H25NS/c1-3-9-29-23-33(20-15-26(29)7-1)39(34-21-16-27-8-2-4-10-30(27)24-34)32-18-13-28(14-19-32)31-17-22-38-36(25-31)35-11-5-6-12-37(35)40-38;1-2-11-29-25-31(24-19-26(29)9-1)39(36-17-7-12-27-10-3-4-13-32(27)36)30-22-20-28(21-23-30)33-15-8-16-35-34-14-5-6-18-37(34)40-38(33)35;1-2-10-29-24-32(22-18-26(29)8-1)39(36-14-7-11-28-9-3-4-12-33(28)36)31-20-16-27(17-21-31)30-19-23-38-35(25-30)34-13-5-6-15-37(34)40-38/h3*1-25H. The van der Waals surface area contributed by atoms with Gasteiger partial charge in [-0.15, -0.1) is 34.0 Å². The van der Waals surface area contributed by atoms with Gasteiger partial charge < -0.3 is 14.7 Å². The molecule has 0 N–H and O–H groups in total. The Kier molecular flexibility index (Phi) is 18.6. The first-order valence-corrected chi connectivity index (χ1v) is 43.3. The number of anilines is 9.